The number of hydrogen-bond acceptors (Lipinski definition) is 2. The molecule has 0 aliphatic heterocycles. The van der Waals surface area contributed by atoms with E-state index < -0.39 is 23.2 Å². The molecule has 0 saturated heterocycles. The summed E-state index contributed by atoms with van der Waals surface area (Å²) in [7, 11) is 0. The molecule has 0 fully saturated rings. The molecule has 2 unspecified atom stereocenters. The molecule has 0 amide bonds. The number of carboxylic acid groups (broad SMARTS) is 1. The molecular formula is C15H20F3NO2. The van der Waals surface area contributed by atoms with Crippen LogP contribution in [-0.2, 0) is 11.0 Å². The van der Waals surface area contributed by atoms with Crippen molar-refractivity contribution >= 4 is 5.97 Å². The van der Waals surface area contributed by atoms with Gasteiger partial charge in [-0.3, -0.25) is 4.79 Å². The molecule has 3 N–H and O–H groups in total. The van der Waals surface area contributed by atoms with E-state index in [9.17, 15) is 18.0 Å². The Morgan fingerprint density at radius 1 is 1.29 bits per heavy atom. The topological polar surface area (TPSA) is 63.3 Å². The number of aliphatic carboxylic acids is 1. The predicted molar refractivity (Wildman–Crippen MR) is 73.9 cm³/mol. The van der Waals surface area contributed by atoms with Gasteiger partial charge in [0.25, 0.3) is 0 Å². The molecule has 1 aromatic carbocycles. The standard InChI is InChI=1S/C15H20F3NO2/c1-3-10(8-9-14(2,19)13(20)21)11-4-6-12(7-5-11)15(16,17)18/h4-7,10H,3,8-9,19H2,1-2H3,(H,20,21). The SMILES string of the molecule is CCC(CCC(C)(N)C(=O)O)c1ccc(C(F)(F)F)cc1. The molecule has 21 heavy (non-hydrogen) atoms. The number of carbonyl (C=O) groups is 1. The van der Waals surface area contributed by atoms with Crippen molar-refractivity contribution < 1.29 is 23.1 Å². The number of benzene rings is 1. The number of halogens is 3. The Morgan fingerprint density at radius 3 is 2.19 bits per heavy atom. The Bertz CT molecular complexity index is 481. The van der Waals surface area contributed by atoms with Crippen molar-refractivity contribution in [3.8, 4) is 0 Å². The Morgan fingerprint density at radius 2 is 1.81 bits per heavy atom. The zero-order chi connectivity index (χ0) is 16.3. The van der Waals surface area contributed by atoms with E-state index in [0.717, 1.165) is 17.7 Å². The van der Waals surface area contributed by atoms with Crippen molar-refractivity contribution in [1.29, 1.82) is 0 Å². The molecule has 0 saturated carbocycles. The first-order chi connectivity index (χ1) is 9.58. The van der Waals surface area contributed by atoms with E-state index in [1.165, 1.54) is 19.1 Å². The molecule has 0 bridgehead atoms. The highest BCUT2D eigenvalue weighted by Gasteiger charge is 2.31. The molecule has 0 radical (unpaired) electrons. The minimum atomic E-state index is -4.35. The third-order valence-electron chi connectivity index (χ3n) is 3.70. The molecule has 1 rings (SSSR count). The van der Waals surface area contributed by atoms with Crippen LogP contribution in [-0.4, -0.2) is 16.6 Å². The largest absolute Gasteiger partial charge is 0.480 e. The van der Waals surface area contributed by atoms with Crippen LogP contribution in [0.2, 0.25) is 0 Å². The highest BCUT2D eigenvalue weighted by molar-refractivity contribution is 5.77. The summed E-state index contributed by atoms with van der Waals surface area (Å²) < 4.78 is 37.5. The van der Waals surface area contributed by atoms with Crippen LogP contribution < -0.4 is 5.73 Å². The van der Waals surface area contributed by atoms with Crippen LogP contribution in [0.1, 0.15) is 50.2 Å². The number of hydrogen-bond donors (Lipinski definition) is 2. The van der Waals surface area contributed by atoms with E-state index in [1.54, 1.807) is 0 Å². The Labute approximate surface area is 122 Å². The van der Waals surface area contributed by atoms with Gasteiger partial charge in [-0.05, 0) is 49.8 Å². The first-order valence-corrected chi connectivity index (χ1v) is 6.77. The van der Waals surface area contributed by atoms with E-state index in [0.29, 0.717) is 12.8 Å². The minimum Gasteiger partial charge on any atom is -0.480 e. The van der Waals surface area contributed by atoms with E-state index in [2.05, 4.69) is 0 Å². The summed E-state index contributed by atoms with van der Waals surface area (Å²) in [6.45, 7) is 3.35. The molecule has 1 aromatic rings. The molecule has 0 aromatic heterocycles. The number of carboxylic acids is 1. The first-order valence-electron chi connectivity index (χ1n) is 6.77. The molecule has 0 aliphatic rings. The maximum Gasteiger partial charge on any atom is 0.416 e. The lowest BCUT2D eigenvalue weighted by molar-refractivity contribution is -0.143. The van der Waals surface area contributed by atoms with E-state index in [1.807, 2.05) is 6.92 Å². The highest BCUT2D eigenvalue weighted by Crippen LogP contribution is 2.32. The van der Waals surface area contributed by atoms with E-state index in [4.69, 9.17) is 10.8 Å². The fraction of sp³-hybridized carbons (Fsp3) is 0.533. The van der Waals surface area contributed by atoms with Gasteiger partial charge >= 0.3 is 12.1 Å². The van der Waals surface area contributed by atoms with Crippen molar-refractivity contribution in [2.24, 2.45) is 5.73 Å². The van der Waals surface area contributed by atoms with Crippen LogP contribution in [0.3, 0.4) is 0 Å². The minimum absolute atomic E-state index is 0.00508. The summed E-state index contributed by atoms with van der Waals surface area (Å²) in [5.41, 5.74) is 4.44. The summed E-state index contributed by atoms with van der Waals surface area (Å²) in [4.78, 5) is 11.0. The number of nitrogens with two attached hydrogens (primary N) is 1. The van der Waals surface area contributed by atoms with Crippen molar-refractivity contribution in [3.05, 3.63) is 35.4 Å². The maximum atomic E-state index is 12.5. The van der Waals surface area contributed by atoms with Crippen LogP contribution >= 0.6 is 0 Å². The average molecular weight is 303 g/mol. The molecule has 118 valence electrons. The smallest absolute Gasteiger partial charge is 0.416 e. The predicted octanol–water partition coefficient (Wildman–Crippen LogP) is 3.78. The van der Waals surface area contributed by atoms with E-state index in [-0.39, 0.29) is 12.3 Å². The summed E-state index contributed by atoms with van der Waals surface area (Å²) in [5, 5.41) is 8.97. The van der Waals surface area contributed by atoms with Crippen LogP contribution in [0.4, 0.5) is 13.2 Å². The van der Waals surface area contributed by atoms with Gasteiger partial charge in [0.1, 0.15) is 5.54 Å². The molecule has 0 aliphatic carbocycles. The average Bonchev–Trinajstić information content (AvgIpc) is 2.38. The van der Waals surface area contributed by atoms with Crippen LogP contribution in [0.25, 0.3) is 0 Å². The second-order valence-electron chi connectivity index (χ2n) is 5.49. The lowest BCUT2D eigenvalue weighted by Crippen LogP contribution is -2.44. The fourth-order valence-corrected chi connectivity index (χ4v) is 2.13. The van der Waals surface area contributed by atoms with E-state index >= 15 is 0 Å². The van der Waals surface area contributed by atoms with Gasteiger partial charge in [0.15, 0.2) is 0 Å². The number of rotatable bonds is 6. The van der Waals surface area contributed by atoms with Gasteiger partial charge in [0, 0.05) is 0 Å². The third-order valence-corrected chi connectivity index (χ3v) is 3.70. The lowest BCUT2D eigenvalue weighted by Gasteiger charge is -2.23. The summed E-state index contributed by atoms with van der Waals surface area (Å²) >= 11 is 0. The Hall–Kier alpha value is -1.56. The molecule has 2 atom stereocenters. The van der Waals surface area contributed by atoms with Gasteiger partial charge in [-0.15, -0.1) is 0 Å². The quantitative estimate of drug-likeness (QED) is 0.840. The van der Waals surface area contributed by atoms with Gasteiger partial charge in [-0.25, -0.2) is 0 Å². The Kier molecular flexibility index (Phi) is 5.39. The van der Waals surface area contributed by atoms with Crippen molar-refractivity contribution in [2.45, 2.75) is 50.7 Å². The monoisotopic (exact) mass is 303 g/mol. The summed E-state index contributed by atoms with van der Waals surface area (Å²) in [6.07, 6.45) is -2.86. The normalized spacial score (nSPS) is 16.3. The van der Waals surface area contributed by atoms with Crippen LogP contribution in [0.5, 0.6) is 0 Å². The summed E-state index contributed by atoms with van der Waals surface area (Å²) in [5.74, 6) is -1.08. The maximum absolute atomic E-state index is 12.5. The van der Waals surface area contributed by atoms with Gasteiger partial charge in [-0.2, -0.15) is 13.2 Å². The van der Waals surface area contributed by atoms with Crippen molar-refractivity contribution in [1.82, 2.24) is 0 Å². The fourth-order valence-electron chi connectivity index (χ4n) is 2.13. The van der Waals surface area contributed by atoms with Crippen molar-refractivity contribution in [3.63, 3.8) is 0 Å². The van der Waals surface area contributed by atoms with Crippen LogP contribution in [0, 0.1) is 0 Å². The molecule has 0 spiro atoms. The summed E-state index contributed by atoms with van der Waals surface area (Å²) in [6, 6.07) is 5.00. The molecule has 0 heterocycles. The molecular weight excluding hydrogens is 283 g/mol. The zero-order valence-corrected chi connectivity index (χ0v) is 12.1. The number of alkyl halides is 3. The Balaban J connectivity index is 2.79. The van der Waals surface area contributed by atoms with Crippen molar-refractivity contribution in [2.75, 3.05) is 0 Å². The van der Waals surface area contributed by atoms with Crippen LogP contribution in [0.15, 0.2) is 24.3 Å². The molecule has 3 nitrogen and oxygen atoms in total. The highest BCUT2D eigenvalue weighted by atomic mass is 19.4. The van der Waals surface area contributed by atoms with Gasteiger partial charge < -0.3 is 10.8 Å². The lowest BCUT2D eigenvalue weighted by atomic mass is 9.86. The second kappa shape index (κ2) is 6.47. The van der Waals surface area contributed by atoms with Gasteiger partial charge in [0.2, 0.25) is 0 Å². The third kappa shape index (κ3) is 4.74. The zero-order valence-electron chi connectivity index (χ0n) is 12.1. The second-order valence-corrected chi connectivity index (χ2v) is 5.49. The molecule has 6 heteroatoms. The van der Waals surface area contributed by atoms with Gasteiger partial charge in [-0.1, -0.05) is 19.1 Å². The first kappa shape index (κ1) is 17.5. The van der Waals surface area contributed by atoms with Gasteiger partial charge in [0.05, 0.1) is 5.56 Å².